The van der Waals surface area contributed by atoms with E-state index < -0.39 is 10.0 Å². The average Bonchev–Trinajstić information content (AvgIpc) is 3.37. The molecular formula is C19H23N3O2S2. The van der Waals surface area contributed by atoms with Crippen LogP contribution in [-0.2, 0) is 10.0 Å². The zero-order valence-electron chi connectivity index (χ0n) is 14.9. The van der Waals surface area contributed by atoms with Crippen LogP contribution in [0.15, 0.2) is 34.7 Å². The molecule has 2 fully saturated rings. The summed E-state index contributed by atoms with van der Waals surface area (Å²) < 4.78 is 26.5. The van der Waals surface area contributed by atoms with Crippen molar-refractivity contribution in [1.29, 1.82) is 0 Å². The lowest BCUT2D eigenvalue weighted by Crippen LogP contribution is -2.35. The first kappa shape index (κ1) is 16.7. The molecule has 0 radical (unpaired) electrons. The lowest BCUT2D eigenvalue weighted by atomic mass is 9.69. The molecule has 2 heterocycles. The van der Waals surface area contributed by atoms with Crippen LogP contribution in [0.1, 0.15) is 41.8 Å². The molecule has 0 amide bonds. The van der Waals surface area contributed by atoms with Gasteiger partial charge in [0.15, 0.2) is 0 Å². The molecule has 1 aromatic carbocycles. The van der Waals surface area contributed by atoms with E-state index in [9.17, 15) is 8.42 Å². The van der Waals surface area contributed by atoms with E-state index in [0.717, 1.165) is 10.7 Å². The van der Waals surface area contributed by atoms with Crippen LogP contribution >= 0.6 is 11.3 Å². The molecule has 2 bridgehead atoms. The third-order valence-electron chi connectivity index (χ3n) is 6.55. The Bertz CT molecular complexity index is 940. The first-order valence-corrected chi connectivity index (χ1v) is 11.5. The average molecular weight is 390 g/mol. The molecule has 2 saturated carbocycles. The molecule has 1 aliphatic heterocycles. The first-order valence-electron chi connectivity index (χ1n) is 9.19. The number of nitrogens with one attached hydrogen (secondary N) is 1. The molecule has 5 atom stereocenters. The van der Waals surface area contributed by atoms with Crippen molar-refractivity contribution in [2.45, 2.75) is 36.1 Å². The molecule has 2 aliphatic carbocycles. The fraction of sp³-hybridized carbons (Fsp3) is 0.526. The maximum absolute atomic E-state index is 12.6. The summed E-state index contributed by atoms with van der Waals surface area (Å²) in [5.74, 6) is 2.35. The van der Waals surface area contributed by atoms with E-state index in [4.69, 9.17) is 0 Å². The summed E-state index contributed by atoms with van der Waals surface area (Å²) in [7, 11) is -0.235. The standard InChI is InChI=1S/C19H23N3O2S2/c1-22(2)26(23,24)13-5-6-15-14(10-13)16-11-3-4-12(9-11)17(16)18(21-15)19-20-7-8-25-19/h5-8,10-12,16-18,21H,3-4,9H2,1-2H3. The van der Waals surface area contributed by atoms with Crippen molar-refractivity contribution in [2.24, 2.45) is 17.8 Å². The SMILES string of the molecule is CN(C)S(=O)(=O)c1ccc2c(c1)C1C3CCC(C3)C1C(c1nccs1)N2. The Morgan fingerprint density at radius 2 is 2.04 bits per heavy atom. The summed E-state index contributed by atoms with van der Waals surface area (Å²) in [4.78, 5) is 4.99. The van der Waals surface area contributed by atoms with Gasteiger partial charge >= 0.3 is 0 Å². The van der Waals surface area contributed by atoms with Crippen LogP contribution in [0, 0.1) is 17.8 Å². The molecule has 5 rings (SSSR count). The highest BCUT2D eigenvalue weighted by Gasteiger charge is 2.54. The second kappa shape index (κ2) is 5.78. The molecule has 1 aromatic heterocycles. The summed E-state index contributed by atoms with van der Waals surface area (Å²) in [6.07, 6.45) is 5.70. The predicted molar refractivity (Wildman–Crippen MR) is 103 cm³/mol. The summed E-state index contributed by atoms with van der Waals surface area (Å²) in [5, 5.41) is 6.90. The van der Waals surface area contributed by atoms with Crippen molar-refractivity contribution in [2.75, 3.05) is 19.4 Å². The van der Waals surface area contributed by atoms with E-state index in [1.165, 1.54) is 29.1 Å². The van der Waals surface area contributed by atoms with Gasteiger partial charge in [-0.25, -0.2) is 17.7 Å². The number of hydrogen-bond acceptors (Lipinski definition) is 5. The second-order valence-corrected chi connectivity index (χ2v) is 11.0. The van der Waals surface area contributed by atoms with Crippen molar-refractivity contribution in [3.8, 4) is 0 Å². The van der Waals surface area contributed by atoms with Crippen LogP contribution in [0.4, 0.5) is 5.69 Å². The van der Waals surface area contributed by atoms with Gasteiger partial charge in [0.2, 0.25) is 10.0 Å². The van der Waals surface area contributed by atoms with Gasteiger partial charge in [-0.1, -0.05) is 0 Å². The fourth-order valence-electron chi connectivity index (χ4n) is 5.47. The third kappa shape index (κ3) is 2.30. The largest absolute Gasteiger partial charge is 0.375 e. The number of fused-ring (bicyclic) bond motifs is 7. The normalized spacial score (nSPS) is 32.3. The molecule has 26 heavy (non-hydrogen) atoms. The maximum Gasteiger partial charge on any atom is 0.242 e. The molecule has 5 nitrogen and oxygen atoms in total. The van der Waals surface area contributed by atoms with Crippen LogP contribution in [-0.4, -0.2) is 31.8 Å². The molecule has 0 saturated heterocycles. The highest BCUT2D eigenvalue weighted by Crippen LogP contribution is 2.63. The summed E-state index contributed by atoms with van der Waals surface area (Å²) in [6, 6.07) is 5.86. The number of anilines is 1. The Morgan fingerprint density at radius 3 is 2.77 bits per heavy atom. The third-order valence-corrected chi connectivity index (χ3v) is 9.22. The molecule has 5 unspecified atom stereocenters. The minimum Gasteiger partial charge on any atom is -0.375 e. The van der Waals surface area contributed by atoms with Crippen LogP contribution in [0.5, 0.6) is 0 Å². The van der Waals surface area contributed by atoms with Gasteiger partial charge in [0, 0.05) is 31.4 Å². The molecule has 3 aliphatic rings. The minimum atomic E-state index is -3.41. The van der Waals surface area contributed by atoms with Crippen LogP contribution in [0.3, 0.4) is 0 Å². The molecule has 7 heteroatoms. The highest BCUT2D eigenvalue weighted by molar-refractivity contribution is 7.89. The Kier molecular flexibility index (Phi) is 3.71. The van der Waals surface area contributed by atoms with E-state index in [1.807, 2.05) is 23.7 Å². The molecule has 2 aromatic rings. The lowest BCUT2D eigenvalue weighted by Gasteiger charge is -2.42. The molecule has 1 N–H and O–H groups in total. The van der Waals surface area contributed by atoms with Gasteiger partial charge in [-0.15, -0.1) is 11.3 Å². The van der Waals surface area contributed by atoms with Gasteiger partial charge in [0.25, 0.3) is 0 Å². The maximum atomic E-state index is 12.6. The summed E-state index contributed by atoms with van der Waals surface area (Å²) in [6.45, 7) is 0. The smallest absolute Gasteiger partial charge is 0.242 e. The second-order valence-electron chi connectivity index (χ2n) is 7.97. The van der Waals surface area contributed by atoms with Gasteiger partial charge in [-0.3, -0.25) is 0 Å². The van der Waals surface area contributed by atoms with Crippen molar-refractivity contribution in [1.82, 2.24) is 9.29 Å². The molecule has 138 valence electrons. The molecular weight excluding hydrogens is 366 g/mol. The number of sulfonamides is 1. The number of aromatic nitrogens is 1. The van der Waals surface area contributed by atoms with Crippen molar-refractivity contribution >= 4 is 27.0 Å². The Labute approximate surface area is 158 Å². The van der Waals surface area contributed by atoms with Crippen molar-refractivity contribution in [3.05, 3.63) is 40.3 Å². The number of nitrogens with zero attached hydrogens (tertiary/aromatic N) is 2. The van der Waals surface area contributed by atoms with E-state index in [2.05, 4.69) is 10.3 Å². The number of thiazole rings is 1. The summed E-state index contributed by atoms with van der Waals surface area (Å²) >= 11 is 1.72. The van der Waals surface area contributed by atoms with Crippen LogP contribution in [0.25, 0.3) is 0 Å². The highest BCUT2D eigenvalue weighted by atomic mass is 32.2. The number of hydrogen-bond donors (Lipinski definition) is 1. The fourth-order valence-corrected chi connectivity index (χ4v) is 7.16. The van der Waals surface area contributed by atoms with Crippen LogP contribution < -0.4 is 5.32 Å². The Hall–Kier alpha value is -1.44. The van der Waals surface area contributed by atoms with Gasteiger partial charge in [0.05, 0.1) is 10.9 Å². The lowest BCUT2D eigenvalue weighted by molar-refractivity contribution is 0.247. The number of rotatable bonds is 3. The van der Waals surface area contributed by atoms with Gasteiger partial charge < -0.3 is 5.32 Å². The minimum absolute atomic E-state index is 0.249. The van der Waals surface area contributed by atoms with E-state index in [1.54, 1.807) is 31.5 Å². The topological polar surface area (TPSA) is 62.3 Å². The number of benzene rings is 1. The quantitative estimate of drug-likeness (QED) is 0.870. The van der Waals surface area contributed by atoms with E-state index in [0.29, 0.717) is 28.6 Å². The van der Waals surface area contributed by atoms with Crippen molar-refractivity contribution in [3.63, 3.8) is 0 Å². The van der Waals surface area contributed by atoms with Crippen LogP contribution in [0.2, 0.25) is 0 Å². The zero-order valence-corrected chi connectivity index (χ0v) is 16.6. The molecule has 0 spiro atoms. The van der Waals surface area contributed by atoms with Gasteiger partial charge in [0.1, 0.15) is 5.01 Å². The zero-order chi connectivity index (χ0) is 18.1. The van der Waals surface area contributed by atoms with Gasteiger partial charge in [-0.2, -0.15) is 0 Å². The van der Waals surface area contributed by atoms with Gasteiger partial charge in [-0.05, 0) is 66.7 Å². The monoisotopic (exact) mass is 389 g/mol. The first-order chi connectivity index (χ1) is 12.5. The van der Waals surface area contributed by atoms with E-state index in [-0.39, 0.29) is 6.04 Å². The van der Waals surface area contributed by atoms with Crippen molar-refractivity contribution < 1.29 is 8.42 Å². The Balaban J connectivity index is 1.63. The van der Waals surface area contributed by atoms with E-state index >= 15 is 0 Å². The predicted octanol–water partition coefficient (Wildman–Crippen LogP) is 3.69. The Morgan fingerprint density at radius 1 is 1.23 bits per heavy atom. The summed E-state index contributed by atoms with van der Waals surface area (Å²) in [5.41, 5.74) is 2.27.